The monoisotopic (exact) mass is 132 g/mol. The Labute approximate surface area is 60.0 Å². The molecule has 1 heterocycles. The SMILES string of the molecule is C=Cc1ccnc(C=C)n1. The van der Waals surface area contributed by atoms with Gasteiger partial charge in [0.2, 0.25) is 0 Å². The van der Waals surface area contributed by atoms with E-state index in [4.69, 9.17) is 0 Å². The smallest absolute Gasteiger partial charge is 0.151 e. The van der Waals surface area contributed by atoms with Crippen molar-refractivity contribution >= 4 is 12.2 Å². The third kappa shape index (κ3) is 1.29. The van der Waals surface area contributed by atoms with Gasteiger partial charge in [0.05, 0.1) is 5.69 Å². The van der Waals surface area contributed by atoms with Crippen molar-refractivity contribution < 1.29 is 0 Å². The lowest BCUT2D eigenvalue weighted by Crippen LogP contribution is -1.87. The van der Waals surface area contributed by atoms with E-state index in [1.807, 2.05) is 0 Å². The molecule has 0 N–H and O–H groups in total. The van der Waals surface area contributed by atoms with Crippen LogP contribution in [0.1, 0.15) is 11.5 Å². The third-order valence-corrected chi connectivity index (χ3v) is 1.09. The van der Waals surface area contributed by atoms with Gasteiger partial charge in [0.1, 0.15) is 0 Å². The van der Waals surface area contributed by atoms with E-state index in [1.165, 1.54) is 0 Å². The molecular formula is C8H8N2. The van der Waals surface area contributed by atoms with E-state index in [1.54, 1.807) is 24.4 Å². The van der Waals surface area contributed by atoms with Gasteiger partial charge in [-0.05, 0) is 18.2 Å². The van der Waals surface area contributed by atoms with Gasteiger partial charge in [0.15, 0.2) is 5.82 Å². The zero-order valence-corrected chi connectivity index (χ0v) is 5.62. The van der Waals surface area contributed by atoms with Crippen LogP contribution in [0.4, 0.5) is 0 Å². The van der Waals surface area contributed by atoms with Gasteiger partial charge in [0, 0.05) is 6.20 Å². The maximum atomic E-state index is 4.06. The standard InChI is InChI=1S/C8H8N2/c1-3-7-5-6-9-8(4-2)10-7/h3-6H,1-2H2. The molecule has 2 heteroatoms. The minimum atomic E-state index is 0.636. The van der Waals surface area contributed by atoms with Crippen LogP contribution in [0.15, 0.2) is 25.4 Å². The van der Waals surface area contributed by atoms with Crippen LogP contribution in [0, 0.1) is 0 Å². The molecule has 0 radical (unpaired) electrons. The molecule has 10 heavy (non-hydrogen) atoms. The topological polar surface area (TPSA) is 25.8 Å². The molecule has 0 aliphatic rings. The fraction of sp³-hybridized carbons (Fsp3) is 0. The molecule has 0 amide bonds. The van der Waals surface area contributed by atoms with Crippen molar-refractivity contribution in [2.75, 3.05) is 0 Å². The van der Waals surface area contributed by atoms with E-state index >= 15 is 0 Å². The molecule has 0 fully saturated rings. The number of nitrogens with zero attached hydrogens (tertiary/aromatic N) is 2. The number of rotatable bonds is 2. The van der Waals surface area contributed by atoms with Crippen LogP contribution in [-0.2, 0) is 0 Å². The predicted octanol–water partition coefficient (Wildman–Crippen LogP) is 1.76. The van der Waals surface area contributed by atoms with Crippen LogP contribution in [0.3, 0.4) is 0 Å². The van der Waals surface area contributed by atoms with Crippen molar-refractivity contribution in [1.82, 2.24) is 9.97 Å². The molecule has 0 atom stereocenters. The lowest BCUT2D eigenvalue weighted by Gasteiger charge is -1.91. The van der Waals surface area contributed by atoms with Gasteiger partial charge in [-0.2, -0.15) is 0 Å². The molecule has 0 spiro atoms. The fourth-order valence-electron chi connectivity index (χ4n) is 0.600. The van der Waals surface area contributed by atoms with E-state index in [2.05, 4.69) is 23.1 Å². The average molecular weight is 132 g/mol. The third-order valence-electron chi connectivity index (χ3n) is 1.09. The minimum absolute atomic E-state index is 0.636. The second kappa shape index (κ2) is 2.92. The minimum Gasteiger partial charge on any atom is -0.237 e. The summed E-state index contributed by atoms with van der Waals surface area (Å²) in [6.45, 7) is 7.13. The van der Waals surface area contributed by atoms with Crippen molar-refractivity contribution in [1.29, 1.82) is 0 Å². The van der Waals surface area contributed by atoms with Crippen LogP contribution in [0.5, 0.6) is 0 Å². The molecule has 0 bridgehead atoms. The number of hydrogen-bond donors (Lipinski definition) is 0. The second-order valence-corrected chi connectivity index (χ2v) is 1.75. The molecule has 2 nitrogen and oxygen atoms in total. The highest BCUT2D eigenvalue weighted by atomic mass is 14.9. The molecule has 0 saturated heterocycles. The average Bonchev–Trinajstić information content (AvgIpc) is 2.05. The first-order valence-corrected chi connectivity index (χ1v) is 2.94. The van der Waals surface area contributed by atoms with Crippen molar-refractivity contribution in [2.24, 2.45) is 0 Å². The van der Waals surface area contributed by atoms with E-state index < -0.39 is 0 Å². The number of aromatic nitrogens is 2. The molecule has 50 valence electrons. The van der Waals surface area contributed by atoms with E-state index in [0.717, 1.165) is 5.69 Å². The molecule has 0 unspecified atom stereocenters. The van der Waals surface area contributed by atoms with Gasteiger partial charge >= 0.3 is 0 Å². The van der Waals surface area contributed by atoms with Gasteiger partial charge in [-0.3, -0.25) is 0 Å². The van der Waals surface area contributed by atoms with Crippen molar-refractivity contribution in [3.05, 3.63) is 36.9 Å². The van der Waals surface area contributed by atoms with Crippen molar-refractivity contribution in [3.63, 3.8) is 0 Å². The molecule has 1 rings (SSSR count). The molecule has 0 aliphatic carbocycles. The highest BCUT2D eigenvalue weighted by Gasteiger charge is 1.88. The fourth-order valence-corrected chi connectivity index (χ4v) is 0.600. The van der Waals surface area contributed by atoms with E-state index in [9.17, 15) is 0 Å². The Morgan fingerprint density at radius 1 is 1.30 bits per heavy atom. The summed E-state index contributed by atoms with van der Waals surface area (Å²) in [5, 5.41) is 0. The number of hydrogen-bond acceptors (Lipinski definition) is 2. The summed E-state index contributed by atoms with van der Waals surface area (Å²) in [6.07, 6.45) is 4.96. The lowest BCUT2D eigenvalue weighted by molar-refractivity contribution is 1.12. The second-order valence-electron chi connectivity index (χ2n) is 1.75. The summed E-state index contributed by atoms with van der Waals surface area (Å²) in [5.74, 6) is 0.636. The van der Waals surface area contributed by atoms with E-state index in [0.29, 0.717) is 5.82 Å². The Kier molecular flexibility index (Phi) is 1.95. The van der Waals surface area contributed by atoms with Crippen molar-refractivity contribution in [2.45, 2.75) is 0 Å². The molecule has 1 aromatic rings. The Morgan fingerprint density at radius 3 is 2.70 bits per heavy atom. The molecule has 0 aliphatic heterocycles. The summed E-state index contributed by atoms with van der Waals surface area (Å²) >= 11 is 0. The Bertz CT molecular complexity index is 230. The molecular weight excluding hydrogens is 124 g/mol. The highest BCUT2D eigenvalue weighted by Crippen LogP contribution is 1.96. The maximum Gasteiger partial charge on any atom is 0.151 e. The van der Waals surface area contributed by atoms with Gasteiger partial charge in [-0.1, -0.05) is 13.2 Å². The quantitative estimate of drug-likeness (QED) is 0.612. The zero-order chi connectivity index (χ0) is 7.40. The zero-order valence-electron chi connectivity index (χ0n) is 5.62. The van der Waals surface area contributed by atoms with Gasteiger partial charge in [-0.25, -0.2) is 9.97 Å². The summed E-state index contributed by atoms with van der Waals surface area (Å²) in [6, 6.07) is 1.79. The van der Waals surface area contributed by atoms with Crippen LogP contribution in [-0.4, -0.2) is 9.97 Å². The first-order chi connectivity index (χ1) is 4.86. The largest absolute Gasteiger partial charge is 0.237 e. The Hall–Kier alpha value is -1.44. The van der Waals surface area contributed by atoms with Gasteiger partial charge in [-0.15, -0.1) is 0 Å². The van der Waals surface area contributed by atoms with E-state index in [-0.39, 0.29) is 0 Å². The first kappa shape index (κ1) is 6.68. The molecule has 0 aromatic carbocycles. The maximum absolute atomic E-state index is 4.06. The lowest BCUT2D eigenvalue weighted by atomic mass is 10.4. The highest BCUT2D eigenvalue weighted by molar-refractivity contribution is 5.44. The predicted molar refractivity (Wildman–Crippen MR) is 42.2 cm³/mol. The summed E-state index contributed by atoms with van der Waals surface area (Å²) in [4.78, 5) is 7.99. The Morgan fingerprint density at radius 2 is 2.10 bits per heavy atom. The summed E-state index contributed by atoms with van der Waals surface area (Å²) < 4.78 is 0. The Balaban J connectivity index is 3.09. The first-order valence-electron chi connectivity index (χ1n) is 2.94. The van der Waals surface area contributed by atoms with Gasteiger partial charge in [0.25, 0.3) is 0 Å². The van der Waals surface area contributed by atoms with Crippen LogP contribution in [0.2, 0.25) is 0 Å². The normalized spacial score (nSPS) is 8.80. The van der Waals surface area contributed by atoms with Gasteiger partial charge < -0.3 is 0 Å². The molecule has 0 saturated carbocycles. The summed E-state index contributed by atoms with van der Waals surface area (Å²) in [5.41, 5.74) is 0.824. The van der Waals surface area contributed by atoms with Crippen LogP contribution < -0.4 is 0 Å². The summed E-state index contributed by atoms with van der Waals surface area (Å²) in [7, 11) is 0. The van der Waals surface area contributed by atoms with Crippen LogP contribution >= 0.6 is 0 Å². The molecule has 1 aromatic heterocycles. The van der Waals surface area contributed by atoms with Crippen molar-refractivity contribution in [3.8, 4) is 0 Å². The van der Waals surface area contributed by atoms with Crippen LogP contribution in [0.25, 0.3) is 12.2 Å².